The summed E-state index contributed by atoms with van der Waals surface area (Å²) in [6.45, 7) is 1.44. The van der Waals surface area contributed by atoms with E-state index >= 15 is 0 Å². The highest BCUT2D eigenvalue weighted by molar-refractivity contribution is 5.75. The van der Waals surface area contributed by atoms with Gasteiger partial charge in [-0.15, -0.1) is 0 Å². The molecule has 2 N–H and O–H groups in total. The number of amides is 1. The molecule has 0 heterocycles. The highest BCUT2D eigenvalue weighted by Crippen LogP contribution is 2.10. The summed E-state index contributed by atoms with van der Waals surface area (Å²) in [5.41, 5.74) is 1.08. The fourth-order valence-corrected chi connectivity index (χ4v) is 1.46. The van der Waals surface area contributed by atoms with E-state index in [4.69, 9.17) is 4.74 Å². The molecule has 0 unspecified atom stereocenters. The standard InChI is InChI=1S/C13H20N2O2/c1-14-9-3-4-13(16)15-10-11-5-7-12(17-2)8-6-11/h5-8,14H,3-4,9-10H2,1-2H3,(H,15,16). The molecule has 1 aromatic rings. The van der Waals surface area contributed by atoms with Crippen LogP contribution in [0.25, 0.3) is 0 Å². The number of rotatable bonds is 7. The smallest absolute Gasteiger partial charge is 0.220 e. The molecule has 1 aromatic carbocycles. The second-order valence-corrected chi connectivity index (χ2v) is 3.83. The molecule has 17 heavy (non-hydrogen) atoms. The Labute approximate surface area is 102 Å². The number of nitrogens with one attached hydrogen (secondary N) is 2. The van der Waals surface area contributed by atoms with E-state index < -0.39 is 0 Å². The van der Waals surface area contributed by atoms with Crippen molar-refractivity contribution in [3.8, 4) is 5.75 Å². The molecule has 4 heteroatoms. The summed E-state index contributed by atoms with van der Waals surface area (Å²) in [4.78, 5) is 11.5. The first-order valence-electron chi connectivity index (χ1n) is 5.80. The van der Waals surface area contributed by atoms with E-state index in [0.29, 0.717) is 13.0 Å². The highest BCUT2D eigenvalue weighted by atomic mass is 16.5. The molecular weight excluding hydrogens is 216 g/mol. The van der Waals surface area contributed by atoms with Gasteiger partial charge in [-0.05, 0) is 37.7 Å². The third-order valence-corrected chi connectivity index (χ3v) is 2.48. The zero-order chi connectivity index (χ0) is 12.5. The van der Waals surface area contributed by atoms with Crippen LogP contribution in [0.15, 0.2) is 24.3 Å². The van der Waals surface area contributed by atoms with Crippen molar-refractivity contribution in [3.63, 3.8) is 0 Å². The summed E-state index contributed by atoms with van der Waals surface area (Å²) >= 11 is 0. The molecule has 0 saturated heterocycles. The van der Waals surface area contributed by atoms with E-state index in [9.17, 15) is 4.79 Å². The molecular formula is C13H20N2O2. The quantitative estimate of drug-likeness (QED) is 0.702. The Hall–Kier alpha value is -1.55. The number of carbonyl (C=O) groups is 1. The molecule has 0 aromatic heterocycles. The third-order valence-electron chi connectivity index (χ3n) is 2.48. The normalized spacial score (nSPS) is 10.0. The van der Waals surface area contributed by atoms with Crippen molar-refractivity contribution in [1.29, 1.82) is 0 Å². The van der Waals surface area contributed by atoms with E-state index in [2.05, 4.69) is 10.6 Å². The molecule has 4 nitrogen and oxygen atoms in total. The minimum absolute atomic E-state index is 0.0936. The SMILES string of the molecule is CNCCCC(=O)NCc1ccc(OC)cc1. The molecule has 0 aliphatic rings. The lowest BCUT2D eigenvalue weighted by Gasteiger charge is -2.06. The van der Waals surface area contributed by atoms with Crippen LogP contribution in [0.1, 0.15) is 18.4 Å². The number of benzene rings is 1. The van der Waals surface area contributed by atoms with E-state index in [1.807, 2.05) is 31.3 Å². The van der Waals surface area contributed by atoms with Gasteiger partial charge in [0.15, 0.2) is 0 Å². The molecule has 0 atom stereocenters. The topological polar surface area (TPSA) is 50.4 Å². The molecule has 94 valence electrons. The second kappa shape index (κ2) is 7.68. The molecule has 0 bridgehead atoms. The third kappa shape index (κ3) is 5.36. The van der Waals surface area contributed by atoms with Crippen LogP contribution in [-0.2, 0) is 11.3 Å². The van der Waals surface area contributed by atoms with Gasteiger partial charge < -0.3 is 15.4 Å². The van der Waals surface area contributed by atoms with Gasteiger partial charge in [0.2, 0.25) is 5.91 Å². The fourth-order valence-electron chi connectivity index (χ4n) is 1.46. The first-order chi connectivity index (χ1) is 8.26. The maximum atomic E-state index is 11.5. The number of ether oxygens (including phenoxy) is 1. The van der Waals surface area contributed by atoms with Gasteiger partial charge in [0.25, 0.3) is 0 Å². The van der Waals surface area contributed by atoms with Crippen LogP contribution in [0.3, 0.4) is 0 Å². The maximum Gasteiger partial charge on any atom is 0.220 e. The predicted molar refractivity (Wildman–Crippen MR) is 68.0 cm³/mol. The number of hydrogen-bond acceptors (Lipinski definition) is 3. The van der Waals surface area contributed by atoms with Crippen molar-refractivity contribution >= 4 is 5.91 Å². The van der Waals surface area contributed by atoms with Crippen molar-refractivity contribution in [3.05, 3.63) is 29.8 Å². The summed E-state index contributed by atoms with van der Waals surface area (Å²) in [6.07, 6.45) is 1.43. The van der Waals surface area contributed by atoms with Crippen LogP contribution < -0.4 is 15.4 Å². The average molecular weight is 236 g/mol. The van der Waals surface area contributed by atoms with Gasteiger partial charge in [-0.1, -0.05) is 12.1 Å². The van der Waals surface area contributed by atoms with Crippen molar-refractivity contribution in [2.75, 3.05) is 20.7 Å². The average Bonchev–Trinajstić information content (AvgIpc) is 2.37. The zero-order valence-electron chi connectivity index (χ0n) is 10.5. The summed E-state index contributed by atoms with van der Waals surface area (Å²) in [5, 5.41) is 5.90. The molecule has 0 spiro atoms. The van der Waals surface area contributed by atoms with E-state index in [1.165, 1.54) is 0 Å². The maximum absolute atomic E-state index is 11.5. The van der Waals surface area contributed by atoms with Crippen molar-refractivity contribution < 1.29 is 9.53 Å². The Balaban J connectivity index is 2.27. The monoisotopic (exact) mass is 236 g/mol. The van der Waals surface area contributed by atoms with Gasteiger partial charge in [0.1, 0.15) is 5.75 Å². The van der Waals surface area contributed by atoms with Gasteiger partial charge in [0.05, 0.1) is 7.11 Å². The highest BCUT2D eigenvalue weighted by Gasteiger charge is 2.00. The second-order valence-electron chi connectivity index (χ2n) is 3.83. The van der Waals surface area contributed by atoms with Crippen molar-refractivity contribution in [2.24, 2.45) is 0 Å². The predicted octanol–water partition coefficient (Wildman–Crippen LogP) is 1.31. The minimum Gasteiger partial charge on any atom is -0.497 e. The van der Waals surface area contributed by atoms with E-state index in [1.54, 1.807) is 7.11 Å². The Morgan fingerprint density at radius 2 is 2.00 bits per heavy atom. The van der Waals surface area contributed by atoms with Gasteiger partial charge in [-0.3, -0.25) is 4.79 Å². The summed E-state index contributed by atoms with van der Waals surface area (Å²) in [7, 11) is 3.52. The zero-order valence-corrected chi connectivity index (χ0v) is 10.5. The van der Waals surface area contributed by atoms with Crippen LogP contribution >= 0.6 is 0 Å². The molecule has 0 saturated carbocycles. The van der Waals surface area contributed by atoms with Crippen LogP contribution in [0.4, 0.5) is 0 Å². The molecule has 1 amide bonds. The van der Waals surface area contributed by atoms with Gasteiger partial charge >= 0.3 is 0 Å². The number of hydrogen-bond donors (Lipinski definition) is 2. The lowest BCUT2D eigenvalue weighted by atomic mass is 10.2. The van der Waals surface area contributed by atoms with Crippen molar-refractivity contribution in [1.82, 2.24) is 10.6 Å². The fraction of sp³-hybridized carbons (Fsp3) is 0.462. The lowest BCUT2D eigenvalue weighted by Crippen LogP contribution is -2.23. The van der Waals surface area contributed by atoms with Crippen molar-refractivity contribution in [2.45, 2.75) is 19.4 Å². The largest absolute Gasteiger partial charge is 0.497 e. The Bertz CT molecular complexity index is 336. The number of carbonyl (C=O) groups excluding carboxylic acids is 1. The first-order valence-corrected chi connectivity index (χ1v) is 5.80. The first kappa shape index (κ1) is 13.5. The molecule has 0 radical (unpaired) electrons. The Morgan fingerprint density at radius 1 is 1.29 bits per heavy atom. The van der Waals surface area contributed by atoms with Gasteiger partial charge in [-0.2, -0.15) is 0 Å². The van der Waals surface area contributed by atoms with Crippen LogP contribution in [0.5, 0.6) is 5.75 Å². The van der Waals surface area contributed by atoms with Gasteiger partial charge in [0, 0.05) is 13.0 Å². The molecule has 1 rings (SSSR count). The van der Waals surface area contributed by atoms with Crippen LogP contribution in [0.2, 0.25) is 0 Å². The van der Waals surface area contributed by atoms with E-state index in [-0.39, 0.29) is 5.91 Å². The van der Waals surface area contributed by atoms with Gasteiger partial charge in [-0.25, -0.2) is 0 Å². The number of methoxy groups -OCH3 is 1. The van der Waals surface area contributed by atoms with Crippen LogP contribution in [0, 0.1) is 0 Å². The summed E-state index contributed by atoms with van der Waals surface area (Å²) in [6, 6.07) is 7.68. The molecule has 0 fully saturated rings. The summed E-state index contributed by atoms with van der Waals surface area (Å²) < 4.78 is 5.07. The lowest BCUT2D eigenvalue weighted by molar-refractivity contribution is -0.121. The van der Waals surface area contributed by atoms with E-state index in [0.717, 1.165) is 24.3 Å². The Morgan fingerprint density at radius 3 is 2.59 bits per heavy atom. The molecule has 0 aliphatic carbocycles. The Kier molecular flexibility index (Phi) is 6.10. The van der Waals surface area contributed by atoms with Crippen LogP contribution in [-0.4, -0.2) is 26.6 Å². The minimum atomic E-state index is 0.0936. The summed E-state index contributed by atoms with van der Waals surface area (Å²) in [5.74, 6) is 0.921. The molecule has 0 aliphatic heterocycles.